The Labute approximate surface area is 190 Å². The predicted octanol–water partition coefficient (Wildman–Crippen LogP) is 1.96. The second kappa shape index (κ2) is 10.3. The summed E-state index contributed by atoms with van der Waals surface area (Å²) in [4.78, 5) is 27.9. The number of nitrogens with one attached hydrogen (secondary N) is 1. The van der Waals surface area contributed by atoms with Crippen LogP contribution in [-0.4, -0.2) is 84.6 Å². The third-order valence-corrected chi connectivity index (χ3v) is 6.57. The number of benzene rings is 1. The van der Waals surface area contributed by atoms with E-state index in [0.717, 1.165) is 87.8 Å². The summed E-state index contributed by atoms with van der Waals surface area (Å²) < 4.78 is 0. The van der Waals surface area contributed by atoms with E-state index in [1.807, 2.05) is 13.1 Å². The van der Waals surface area contributed by atoms with E-state index >= 15 is 0 Å². The number of hydrogen-bond donors (Lipinski definition) is 2. The number of anilines is 2. The number of primary amides is 1. The molecule has 4 rings (SSSR count). The first-order chi connectivity index (χ1) is 15.5. The highest BCUT2D eigenvalue weighted by atomic mass is 16.1. The second-order valence-electron chi connectivity index (χ2n) is 8.94. The van der Waals surface area contributed by atoms with Crippen molar-refractivity contribution in [1.82, 2.24) is 19.8 Å². The molecular formula is C24H35N7O. The largest absolute Gasteiger partial charge is 0.370 e. The predicted molar refractivity (Wildman–Crippen MR) is 129 cm³/mol. The summed E-state index contributed by atoms with van der Waals surface area (Å²) in [6.45, 7) is 8.94. The molecule has 1 aromatic heterocycles. The molecule has 8 nitrogen and oxygen atoms in total. The lowest BCUT2D eigenvalue weighted by Gasteiger charge is -2.34. The molecule has 1 atom stereocenters. The summed E-state index contributed by atoms with van der Waals surface area (Å²) in [5.74, 6) is 1.40. The van der Waals surface area contributed by atoms with Crippen LogP contribution < -0.4 is 16.0 Å². The van der Waals surface area contributed by atoms with Crippen molar-refractivity contribution in [3.05, 3.63) is 36.0 Å². The van der Waals surface area contributed by atoms with Crippen LogP contribution in [-0.2, 0) is 4.79 Å². The first-order valence-electron chi connectivity index (χ1n) is 11.7. The molecule has 3 heterocycles. The van der Waals surface area contributed by atoms with Gasteiger partial charge in [-0.05, 0) is 64.0 Å². The maximum absolute atomic E-state index is 11.6. The van der Waals surface area contributed by atoms with E-state index in [-0.39, 0.29) is 11.9 Å². The molecule has 2 fully saturated rings. The summed E-state index contributed by atoms with van der Waals surface area (Å²) in [5, 5.41) is 3.45. The molecule has 0 radical (unpaired) electrons. The van der Waals surface area contributed by atoms with Crippen molar-refractivity contribution in [2.75, 3.05) is 63.1 Å². The lowest BCUT2D eigenvalue weighted by Crippen LogP contribution is -2.44. The van der Waals surface area contributed by atoms with Crippen LogP contribution in [0.25, 0.3) is 11.4 Å². The first kappa shape index (κ1) is 22.5. The van der Waals surface area contributed by atoms with Gasteiger partial charge in [-0.25, -0.2) is 9.97 Å². The van der Waals surface area contributed by atoms with Crippen LogP contribution >= 0.6 is 0 Å². The van der Waals surface area contributed by atoms with E-state index in [2.05, 4.69) is 56.3 Å². The van der Waals surface area contributed by atoms with Crippen molar-refractivity contribution in [1.29, 1.82) is 0 Å². The molecule has 1 aromatic carbocycles. The third kappa shape index (κ3) is 5.37. The number of piperazine rings is 1. The monoisotopic (exact) mass is 437 g/mol. The zero-order chi connectivity index (χ0) is 22.5. The van der Waals surface area contributed by atoms with Gasteiger partial charge in [-0.3, -0.25) is 9.69 Å². The molecule has 32 heavy (non-hydrogen) atoms. The average Bonchev–Trinajstić information content (AvgIpc) is 3.27. The van der Waals surface area contributed by atoms with Gasteiger partial charge in [-0.2, -0.15) is 0 Å². The highest BCUT2D eigenvalue weighted by Gasteiger charge is 2.28. The van der Waals surface area contributed by atoms with Crippen LogP contribution in [0, 0.1) is 6.92 Å². The minimum atomic E-state index is -0.203. The maximum Gasteiger partial charge on any atom is 0.234 e. The lowest BCUT2D eigenvalue weighted by atomic mass is 10.1. The highest BCUT2D eigenvalue weighted by molar-refractivity contribution is 5.80. The van der Waals surface area contributed by atoms with Gasteiger partial charge in [-0.1, -0.05) is 0 Å². The summed E-state index contributed by atoms with van der Waals surface area (Å²) in [6.07, 6.45) is 4.73. The summed E-state index contributed by atoms with van der Waals surface area (Å²) in [7, 11) is 2.17. The van der Waals surface area contributed by atoms with E-state index in [0.29, 0.717) is 0 Å². The van der Waals surface area contributed by atoms with Crippen LogP contribution in [0.2, 0.25) is 0 Å². The molecule has 2 saturated heterocycles. The maximum atomic E-state index is 11.6. The van der Waals surface area contributed by atoms with E-state index in [1.165, 1.54) is 5.69 Å². The molecule has 1 unspecified atom stereocenters. The Morgan fingerprint density at radius 2 is 1.91 bits per heavy atom. The zero-order valence-corrected chi connectivity index (χ0v) is 19.3. The number of nitrogens with zero attached hydrogens (tertiary/aromatic N) is 5. The number of carbonyl (C=O) groups excluding carboxylic acids is 1. The van der Waals surface area contributed by atoms with Crippen LogP contribution in [0.15, 0.2) is 30.5 Å². The Kier molecular flexibility index (Phi) is 7.22. The average molecular weight is 438 g/mol. The highest BCUT2D eigenvalue weighted by Crippen LogP contribution is 2.23. The van der Waals surface area contributed by atoms with Gasteiger partial charge >= 0.3 is 0 Å². The van der Waals surface area contributed by atoms with E-state index in [4.69, 9.17) is 10.7 Å². The SMILES string of the molecule is Cc1cnc(-c2ccc(N3CCN(C)CC3)cc2)nc1NCCCN1CCCC1C(N)=O. The minimum Gasteiger partial charge on any atom is -0.370 e. The normalized spacial score (nSPS) is 19.9. The number of aromatic nitrogens is 2. The Hall–Kier alpha value is -2.71. The molecule has 8 heteroatoms. The summed E-state index contributed by atoms with van der Waals surface area (Å²) >= 11 is 0. The quantitative estimate of drug-likeness (QED) is 0.610. The molecule has 3 N–H and O–H groups in total. The Morgan fingerprint density at radius 1 is 1.16 bits per heavy atom. The van der Waals surface area contributed by atoms with E-state index in [1.54, 1.807) is 0 Å². The number of likely N-dealkylation sites (tertiary alicyclic amines) is 1. The lowest BCUT2D eigenvalue weighted by molar-refractivity contribution is -0.122. The smallest absolute Gasteiger partial charge is 0.234 e. The molecule has 0 bridgehead atoms. The van der Waals surface area contributed by atoms with Crippen LogP contribution in [0.5, 0.6) is 0 Å². The van der Waals surface area contributed by atoms with Gasteiger partial charge in [0.05, 0.1) is 6.04 Å². The molecule has 0 aliphatic carbocycles. The first-order valence-corrected chi connectivity index (χ1v) is 11.7. The Balaban J connectivity index is 1.33. The fourth-order valence-electron chi connectivity index (χ4n) is 4.55. The van der Waals surface area contributed by atoms with Crippen LogP contribution in [0.3, 0.4) is 0 Å². The molecule has 2 aliphatic rings. The second-order valence-corrected chi connectivity index (χ2v) is 8.94. The number of hydrogen-bond acceptors (Lipinski definition) is 7. The summed E-state index contributed by atoms with van der Waals surface area (Å²) in [5.41, 5.74) is 8.82. The van der Waals surface area contributed by atoms with E-state index in [9.17, 15) is 4.79 Å². The molecule has 0 saturated carbocycles. The molecule has 1 amide bonds. The van der Waals surface area contributed by atoms with Crippen molar-refractivity contribution in [2.24, 2.45) is 5.73 Å². The van der Waals surface area contributed by atoms with Crippen molar-refractivity contribution in [2.45, 2.75) is 32.2 Å². The number of rotatable bonds is 8. The fourth-order valence-corrected chi connectivity index (χ4v) is 4.55. The minimum absolute atomic E-state index is 0.101. The number of nitrogens with two attached hydrogens (primary N) is 1. The van der Waals surface area contributed by atoms with Crippen molar-refractivity contribution < 1.29 is 4.79 Å². The van der Waals surface area contributed by atoms with Crippen LogP contribution in [0.4, 0.5) is 11.5 Å². The number of aryl methyl sites for hydroxylation is 1. The standard InChI is InChI=1S/C24H35N7O/c1-18-17-27-24(19-6-8-20(9-7-19)30-15-13-29(2)14-16-30)28-23(18)26-10-4-12-31-11-3-5-21(31)22(25)32/h6-9,17,21H,3-5,10-16H2,1-2H3,(H2,25,32)(H,26,27,28). The fraction of sp³-hybridized carbons (Fsp3) is 0.542. The van der Waals surface area contributed by atoms with Crippen molar-refractivity contribution in [3.8, 4) is 11.4 Å². The van der Waals surface area contributed by atoms with Crippen LogP contribution in [0.1, 0.15) is 24.8 Å². The molecule has 2 aliphatic heterocycles. The number of likely N-dealkylation sites (N-methyl/N-ethyl adjacent to an activating group) is 1. The van der Waals surface area contributed by atoms with Gasteiger partial charge in [0.1, 0.15) is 5.82 Å². The molecule has 2 aromatic rings. The van der Waals surface area contributed by atoms with Gasteiger partial charge in [-0.15, -0.1) is 0 Å². The van der Waals surface area contributed by atoms with Crippen molar-refractivity contribution in [3.63, 3.8) is 0 Å². The molecule has 172 valence electrons. The van der Waals surface area contributed by atoms with Crippen molar-refractivity contribution >= 4 is 17.4 Å². The third-order valence-electron chi connectivity index (χ3n) is 6.57. The van der Waals surface area contributed by atoms with Gasteiger partial charge in [0.2, 0.25) is 5.91 Å². The Morgan fingerprint density at radius 3 is 2.62 bits per heavy atom. The van der Waals surface area contributed by atoms with E-state index < -0.39 is 0 Å². The number of carbonyl (C=O) groups is 1. The molecular weight excluding hydrogens is 402 g/mol. The Bertz CT molecular complexity index is 909. The zero-order valence-electron chi connectivity index (χ0n) is 19.3. The summed E-state index contributed by atoms with van der Waals surface area (Å²) in [6, 6.07) is 8.46. The van der Waals surface area contributed by atoms with Gasteiger partial charge in [0.15, 0.2) is 5.82 Å². The number of amides is 1. The van der Waals surface area contributed by atoms with Gasteiger partial charge < -0.3 is 20.9 Å². The molecule has 0 spiro atoms. The van der Waals surface area contributed by atoms with Gasteiger partial charge in [0, 0.05) is 62.3 Å². The topological polar surface area (TPSA) is 90.6 Å². The van der Waals surface area contributed by atoms with Gasteiger partial charge in [0.25, 0.3) is 0 Å².